The average Bonchev–Trinajstić information content (AvgIpc) is 2.40. The number of hydrogen-bond acceptors (Lipinski definition) is 4. The third kappa shape index (κ3) is 2.10. The molecule has 0 amide bonds. The zero-order chi connectivity index (χ0) is 11.7. The van der Waals surface area contributed by atoms with Gasteiger partial charge in [-0.25, -0.2) is 0 Å². The number of fused-ring (bicyclic) bond motifs is 1. The molecule has 17 heavy (non-hydrogen) atoms. The van der Waals surface area contributed by atoms with E-state index in [4.69, 9.17) is 4.74 Å². The lowest BCUT2D eigenvalue weighted by atomic mass is 10.0. The summed E-state index contributed by atoms with van der Waals surface area (Å²) in [5, 5.41) is 13.3. The lowest BCUT2D eigenvalue weighted by molar-refractivity contribution is 0.115. The van der Waals surface area contributed by atoms with Crippen LogP contribution in [0.3, 0.4) is 0 Å². The normalized spacial score (nSPS) is 24.1. The molecule has 2 aliphatic heterocycles. The minimum Gasteiger partial charge on any atom is -0.493 e. The SMILES string of the molecule is OC1CCOc2ccc(N3CCNCC3)cc21. The summed E-state index contributed by atoms with van der Waals surface area (Å²) in [6.45, 7) is 4.71. The van der Waals surface area contributed by atoms with Crippen LogP contribution in [0, 0.1) is 0 Å². The molecular weight excluding hydrogens is 216 g/mol. The fraction of sp³-hybridized carbons (Fsp3) is 0.538. The summed E-state index contributed by atoms with van der Waals surface area (Å²) in [5.74, 6) is 0.836. The molecule has 0 radical (unpaired) electrons. The molecule has 0 spiro atoms. The Morgan fingerprint density at radius 1 is 1.29 bits per heavy atom. The molecule has 4 nitrogen and oxygen atoms in total. The first-order valence-electron chi connectivity index (χ1n) is 6.25. The van der Waals surface area contributed by atoms with E-state index < -0.39 is 0 Å². The van der Waals surface area contributed by atoms with E-state index >= 15 is 0 Å². The zero-order valence-electron chi connectivity index (χ0n) is 9.85. The van der Waals surface area contributed by atoms with E-state index in [-0.39, 0.29) is 6.10 Å². The minimum absolute atomic E-state index is 0.374. The van der Waals surface area contributed by atoms with Crippen molar-refractivity contribution in [1.29, 1.82) is 0 Å². The van der Waals surface area contributed by atoms with Gasteiger partial charge in [-0.2, -0.15) is 0 Å². The number of rotatable bonds is 1. The molecule has 0 aromatic heterocycles. The Hall–Kier alpha value is -1.26. The monoisotopic (exact) mass is 234 g/mol. The van der Waals surface area contributed by atoms with Crippen molar-refractivity contribution < 1.29 is 9.84 Å². The predicted molar refractivity (Wildman–Crippen MR) is 66.6 cm³/mol. The first-order chi connectivity index (χ1) is 8.34. The van der Waals surface area contributed by atoms with Gasteiger partial charge in [-0.1, -0.05) is 0 Å². The van der Waals surface area contributed by atoms with Gasteiger partial charge in [0.15, 0.2) is 0 Å². The summed E-state index contributed by atoms with van der Waals surface area (Å²) in [6.07, 6.45) is 0.319. The molecule has 0 aliphatic carbocycles. The number of anilines is 1. The van der Waals surface area contributed by atoms with Crippen molar-refractivity contribution in [2.75, 3.05) is 37.7 Å². The van der Waals surface area contributed by atoms with Crippen molar-refractivity contribution in [2.24, 2.45) is 0 Å². The predicted octanol–water partition coefficient (Wildman–Crippen LogP) is 0.912. The fourth-order valence-corrected chi connectivity index (χ4v) is 2.48. The molecule has 1 unspecified atom stereocenters. The largest absolute Gasteiger partial charge is 0.493 e. The van der Waals surface area contributed by atoms with Gasteiger partial charge in [0.05, 0.1) is 12.7 Å². The molecule has 1 saturated heterocycles. The van der Waals surface area contributed by atoms with Crippen molar-refractivity contribution >= 4 is 5.69 Å². The van der Waals surface area contributed by atoms with Crippen LogP contribution in [0.1, 0.15) is 18.1 Å². The molecule has 2 aliphatic rings. The van der Waals surface area contributed by atoms with Gasteiger partial charge in [-0.15, -0.1) is 0 Å². The summed E-state index contributed by atoms with van der Waals surface area (Å²) in [5.41, 5.74) is 2.13. The first kappa shape index (κ1) is 10.9. The Bertz CT molecular complexity index is 402. The van der Waals surface area contributed by atoms with E-state index in [0.717, 1.165) is 37.5 Å². The Kier molecular flexibility index (Phi) is 2.91. The molecule has 1 fully saturated rings. The zero-order valence-corrected chi connectivity index (χ0v) is 9.85. The summed E-state index contributed by atoms with van der Waals surface area (Å²) in [7, 11) is 0. The highest BCUT2D eigenvalue weighted by Crippen LogP contribution is 2.34. The third-order valence-corrected chi connectivity index (χ3v) is 3.48. The van der Waals surface area contributed by atoms with E-state index in [9.17, 15) is 5.11 Å². The lowest BCUT2D eigenvalue weighted by Gasteiger charge is -2.31. The molecule has 1 aromatic rings. The average molecular weight is 234 g/mol. The summed E-state index contributed by atoms with van der Waals surface area (Å²) < 4.78 is 5.55. The van der Waals surface area contributed by atoms with Gasteiger partial charge in [0.1, 0.15) is 5.75 Å². The van der Waals surface area contributed by atoms with Crippen LogP contribution in [0.4, 0.5) is 5.69 Å². The highest BCUT2D eigenvalue weighted by atomic mass is 16.5. The van der Waals surface area contributed by atoms with E-state index in [0.29, 0.717) is 13.0 Å². The molecule has 0 saturated carbocycles. The van der Waals surface area contributed by atoms with Crippen LogP contribution in [-0.4, -0.2) is 37.9 Å². The second kappa shape index (κ2) is 4.55. The van der Waals surface area contributed by atoms with Crippen LogP contribution < -0.4 is 15.0 Å². The Labute approximate surface area is 101 Å². The van der Waals surface area contributed by atoms with Gasteiger partial charge >= 0.3 is 0 Å². The first-order valence-corrected chi connectivity index (χ1v) is 6.25. The van der Waals surface area contributed by atoms with Crippen LogP contribution in [0.2, 0.25) is 0 Å². The van der Waals surface area contributed by atoms with Crippen LogP contribution >= 0.6 is 0 Å². The molecule has 0 bridgehead atoms. The number of piperazine rings is 1. The van der Waals surface area contributed by atoms with Crippen molar-refractivity contribution in [3.05, 3.63) is 23.8 Å². The maximum absolute atomic E-state index is 9.97. The van der Waals surface area contributed by atoms with E-state index in [1.54, 1.807) is 0 Å². The highest BCUT2D eigenvalue weighted by Gasteiger charge is 2.21. The van der Waals surface area contributed by atoms with Crippen molar-refractivity contribution in [2.45, 2.75) is 12.5 Å². The smallest absolute Gasteiger partial charge is 0.125 e. The molecule has 1 atom stereocenters. The standard InChI is InChI=1S/C13H18N2O2/c16-12-3-8-17-13-2-1-10(9-11(12)13)15-6-4-14-5-7-15/h1-2,9,12,14,16H,3-8H2. The highest BCUT2D eigenvalue weighted by molar-refractivity contribution is 5.54. The Balaban J connectivity index is 1.88. The summed E-state index contributed by atoms with van der Waals surface area (Å²) in [4.78, 5) is 2.35. The van der Waals surface area contributed by atoms with Gasteiger partial charge in [0.25, 0.3) is 0 Å². The Morgan fingerprint density at radius 3 is 2.94 bits per heavy atom. The van der Waals surface area contributed by atoms with Gasteiger partial charge < -0.3 is 20.1 Å². The number of nitrogens with one attached hydrogen (secondary N) is 1. The summed E-state index contributed by atoms with van der Waals surface area (Å²) in [6, 6.07) is 6.14. The van der Waals surface area contributed by atoms with Crippen LogP contribution in [-0.2, 0) is 0 Å². The molecule has 3 rings (SSSR count). The maximum Gasteiger partial charge on any atom is 0.125 e. The number of ether oxygens (including phenoxy) is 1. The van der Waals surface area contributed by atoms with Gasteiger partial charge in [0, 0.05) is 43.9 Å². The second-order valence-corrected chi connectivity index (χ2v) is 4.61. The molecule has 2 N–H and O–H groups in total. The molecular formula is C13H18N2O2. The van der Waals surface area contributed by atoms with Crippen molar-refractivity contribution in [3.63, 3.8) is 0 Å². The van der Waals surface area contributed by atoms with Crippen LogP contribution in [0.15, 0.2) is 18.2 Å². The molecule has 1 aromatic carbocycles. The number of benzene rings is 1. The number of nitrogens with zero attached hydrogens (tertiary/aromatic N) is 1. The molecule has 4 heteroatoms. The number of hydrogen-bond donors (Lipinski definition) is 2. The maximum atomic E-state index is 9.97. The van der Waals surface area contributed by atoms with E-state index in [2.05, 4.69) is 22.3 Å². The lowest BCUT2D eigenvalue weighted by Crippen LogP contribution is -2.43. The van der Waals surface area contributed by atoms with E-state index in [1.165, 1.54) is 5.69 Å². The minimum atomic E-state index is -0.374. The number of aliphatic hydroxyl groups is 1. The fourth-order valence-electron chi connectivity index (χ4n) is 2.48. The molecule has 2 heterocycles. The summed E-state index contributed by atoms with van der Waals surface area (Å²) >= 11 is 0. The number of aliphatic hydroxyl groups excluding tert-OH is 1. The van der Waals surface area contributed by atoms with Crippen molar-refractivity contribution in [3.8, 4) is 5.75 Å². The van der Waals surface area contributed by atoms with Crippen LogP contribution in [0.25, 0.3) is 0 Å². The van der Waals surface area contributed by atoms with Gasteiger partial charge in [0.2, 0.25) is 0 Å². The van der Waals surface area contributed by atoms with Crippen LogP contribution in [0.5, 0.6) is 5.75 Å². The quantitative estimate of drug-likeness (QED) is 0.758. The molecule has 92 valence electrons. The van der Waals surface area contributed by atoms with Crippen molar-refractivity contribution in [1.82, 2.24) is 5.32 Å². The third-order valence-electron chi connectivity index (χ3n) is 3.48. The van der Waals surface area contributed by atoms with E-state index in [1.807, 2.05) is 6.07 Å². The topological polar surface area (TPSA) is 44.7 Å². The van der Waals surface area contributed by atoms with Gasteiger partial charge in [-0.05, 0) is 18.2 Å². The van der Waals surface area contributed by atoms with Gasteiger partial charge in [-0.3, -0.25) is 0 Å². The second-order valence-electron chi connectivity index (χ2n) is 4.61. The Morgan fingerprint density at radius 2 is 2.12 bits per heavy atom.